The molecule has 0 saturated carbocycles. The van der Waals surface area contributed by atoms with E-state index in [1.54, 1.807) is 26.1 Å². The molecule has 1 aromatic carbocycles. The molecule has 0 bridgehead atoms. The Hall–Kier alpha value is -2.03. The maximum absolute atomic E-state index is 11.7. The normalized spacial score (nSPS) is 10.0. The molecule has 0 heterocycles. The highest BCUT2D eigenvalue weighted by Crippen LogP contribution is 2.21. The van der Waals surface area contributed by atoms with E-state index in [2.05, 4.69) is 11.8 Å². The number of hydrogen-bond acceptors (Lipinski definition) is 4. The Morgan fingerprint density at radius 1 is 1.33 bits per heavy atom. The summed E-state index contributed by atoms with van der Waals surface area (Å²) in [5.74, 6) is 6.69. The van der Waals surface area contributed by atoms with E-state index in [0.717, 1.165) is 16.9 Å². The topological polar surface area (TPSA) is 58.8 Å². The Morgan fingerprint density at radius 2 is 2.05 bits per heavy atom. The molecule has 0 aliphatic carbocycles. The van der Waals surface area contributed by atoms with E-state index in [9.17, 15) is 4.79 Å². The van der Waals surface area contributed by atoms with Gasteiger partial charge in [-0.25, -0.2) is 0 Å². The van der Waals surface area contributed by atoms with E-state index in [4.69, 9.17) is 10.5 Å². The van der Waals surface area contributed by atoms with Crippen LogP contribution < -0.4 is 10.5 Å². The highest BCUT2D eigenvalue weighted by molar-refractivity contribution is 5.77. The minimum Gasteiger partial charge on any atom is -0.496 e. The molecule has 1 rings (SSSR count). The van der Waals surface area contributed by atoms with E-state index in [1.165, 1.54) is 0 Å². The van der Waals surface area contributed by atoms with Crippen LogP contribution >= 0.6 is 0 Å². The van der Waals surface area contributed by atoms with Crippen LogP contribution in [0, 0.1) is 11.8 Å². The van der Waals surface area contributed by atoms with E-state index in [1.807, 2.05) is 30.1 Å². The SMILES string of the molecule is COc1ccc(C#CCN)cc1CN(C)CC(=O)N(C)C. The van der Waals surface area contributed by atoms with Gasteiger partial charge >= 0.3 is 0 Å². The summed E-state index contributed by atoms with van der Waals surface area (Å²) in [6, 6.07) is 5.76. The number of nitrogens with zero attached hydrogens (tertiary/aromatic N) is 2. The largest absolute Gasteiger partial charge is 0.496 e. The van der Waals surface area contributed by atoms with Gasteiger partial charge in [-0.15, -0.1) is 0 Å². The number of rotatable bonds is 5. The molecule has 0 aliphatic rings. The van der Waals surface area contributed by atoms with Crippen molar-refractivity contribution in [1.82, 2.24) is 9.80 Å². The third-order valence-electron chi connectivity index (χ3n) is 2.96. The second-order valence-electron chi connectivity index (χ2n) is 4.99. The second kappa shape index (κ2) is 8.30. The molecule has 1 aromatic rings. The summed E-state index contributed by atoms with van der Waals surface area (Å²) in [6.07, 6.45) is 0. The van der Waals surface area contributed by atoms with Crippen LogP contribution in [-0.2, 0) is 11.3 Å². The summed E-state index contributed by atoms with van der Waals surface area (Å²) in [4.78, 5) is 15.2. The van der Waals surface area contributed by atoms with Gasteiger partial charge in [-0.2, -0.15) is 0 Å². The van der Waals surface area contributed by atoms with Crippen molar-refractivity contribution in [1.29, 1.82) is 0 Å². The van der Waals surface area contributed by atoms with Crippen LogP contribution in [0.4, 0.5) is 0 Å². The molecule has 2 N–H and O–H groups in total. The standard InChI is InChI=1S/C16H23N3O2/c1-18(2)16(20)12-19(3)11-14-10-13(6-5-9-17)7-8-15(14)21-4/h7-8,10H,9,11-12,17H2,1-4H3. The van der Waals surface area contributed by atoms with Crippen LogP contribution in [0.25, 0.3) is 0 Å². The minimum absolute atomic E-state index is 0.0653. The first-order valence-electron chi connectivity index (χ1n) is 6.72. The number of carbonyl (C=O) groups excluding carboxylic acids is 1. The highest BCUT2D eigenvalue weighted by Gasteiger charge is 2.11. The van der Waals surface area contributed by atoms with Gasteiger partial charge in [-0.3, -0.25) is 9.69 Å². The number of methoxy groups -OCH3 is 1. The molecule has 5 heteroatoms. The molecule has 0 spiro atoms. The van der Waals surface area contributed by atoms with Crippen LogP contribution in [0.15, 0.2) is 18.2 Å². The first-order chi connectivity index (χ1) is 9.97. The predicted octanol–water partition coefficient (Wildman–Crippen LogP) is 0.525. The lowest BCUT2D eigenvalue weighted by atomic mass is 10.1. The first-order valence-corrected chi connectivity index (χ1v) is 6.72. The molecule has 0 fully saturated rings. The zero-order chi connectivity index (χ0) is 15.8. The molecule has 0 aliphatic heterocycles. The van der Waals surface area contributed by atoms with Crippen LogP contribution in [-0.4, -0.2) is 57.0 Å². The summed E-state index contributed by atoms with van der Waals surface area (Å²) < 4.78 is 5.36. The average molecular weight is 289 g/mol. The molecule has 1 amide bonds. The molecule has 0 aromatic heterocycles. The van der Waals surface area contributed by atoms with Gasteiger partial charge in [-0.05, 0) is 25.2 Å². The maximum atomic E-state index is 11.7. The van der Waals surface area contributed by atoms with Crippen molar-refractivity contribution in [3.05, 3.63) is 29.3 Å². The molecule has 0 radical (unpaired) electrons. The zero-order valence-electron chi connectivity index (χ0n) is 13.1. The first kappa shape index (κ1) is 17.0. The van der Waals surface area contributed by atoms with E-state index in [0.29, 0.717) is 19.6 Å². The van der Waals surface area contributed by atoms with Crippen molar-refractivity contribution < 1.29 is 9.53 Å². The monoisotopic (exact) mass is 289 g/mol. The van der Waals surface area contributed by atoms with Gasteiger partial charge in [-0.1, -0.05) is 11.8 Å². The Bertz CT molecular complexity index is 544. The van der Waals surface area contributed by atoms with Gasteiger partial charge < -0.3 is 15.4 Å². The predicted molar refractivity (Wildman–Crippen MR) is 84.0 cm³/mol. The Kier molecular flexibility index (Phi) is 6.73. The molecule has 5 nitrogen and oxygen atoms in total. The van der Waals surface area contributed by atoms with Crippen molar-refractivity contribution in [2.75, 3.05) is 41.3 Å². The quantitative estimate of drug-likeness (QED) is 0.803. The van der Waals surface area contributed by atoms with Crippen LogP contribution in [0.2, 0.25) is 0 Å². The van der Waals surface area contributed by atoms with Gasteiger partial charge in [0.1, 0.15) is 5.75 Å². The summed E-state index contributed by atoms with van der Waals surface area (Å²) >= 11 is 0. The number of amides is 1. The summed E-state index contributed by atoms with van der Waals surface area (Å²) in [5, 5.41) is 0. The average Bonchev–Trinajstić information content (AvgIpc) is 2.45. The fourth-order valence-corrected chi connectivity index (χ4v) is 1.85. The minimum atomic E-state index is 0.0653. The Balaban J connectivity index is 2.86. The van der Waals surface area contributed by atoms with Gasteiger partial charge in [0, 0.05) is 31.8 Å². The smallest absolute Gasteiger partial charge is 0.236 e. The third kappa shape index (κ3) is 5.46. The Morgan fingerprint density at radius 3 is 2.62 bits per heavy atom. The van der Waals surface area contributed by atoms with Crippen LogP contribution in [0.5, 0.6) is 5.75 Å². The van der Waals surface area contributed by atoms with Crippen LogP contribution in [0.3, 0.4) is 0 Å². The lowest BCUT2D eigenvalue weighted by Crippen LogP contribution is -2.34. The van der Waals surface area contributed by atoms with E-state index in [-0.39, 0.29) is 5.91 Å². The number of ether oxygens (including phenoxy) is 1. The molecular formula is C16H23N3O2. The lowest BCUT2D eigenvalue weighted by molar-refractivity contribution is -0.129. The molecule has 0 atom stereocenters. The lowest BCUT2D eigenvalue weighted by Gasteiger charge is -2.20. The van der Waals surface area contributed by atoms with Crippen molar-refractivity contribution in [3.8, 4) is 17.6 Å². The molecular weight excluding hydrogens is 266 g/mol. The van der Waals surface area contributed by atoms with Crippen molar-refractivity contribution in [2.24, 2.45) is 5.73 Å². The molecule has 0 unspecified atom stereocenters. The number of benzene rings is 1. The van der Waals surface area contributed by atoms with Crippen molar-refractivity contribution in [3.63, 3.8) is 0 Å². The molecule has 0 saturated heterocycles. The summed E-state index contributed by atoms with van der Waals surface area (Å²) in [5.41, 5.74) is 7.27. The Labute approximate surface area is 126 Å². The third-order valence-corrected chi connectivity index (χ3v) is 2.96. The maximum Gasteiger partial charge on any atom is 0.236 e. The summed E-state index contributed by atoms with van der Waals surface area (Å²) in [6.45, 7) is 1.30. The zero-order valence-corrected chi connectivity index (χ0v) is 13.1. The fourth-order valence-electron chi connectivity index (χ4n) is 1.85. The molecule has 114 valence electrons. The second-order valence-corrected chi connectivity index (χ2v) is 4.99. The van der Waals surface area contributed by atoms with Gasteiger partial charge in [0.05, 0.1) is 20.2 Å². The number of nitrogens with two attached hydrogens (primary N) is 1. The van der Waals surface area contributed by atoms with E-state index >= 15 is 0 Å². The van der Waals surface area contributed by atoms with Gasteiger partial charge in [0.2, 0.25) is 5.91 Å². The van der Waals surface area contributed by atoms with Crippen molar-refractivity contribution in [2.45, 2.75) is 6.54 Å². The highest BCUT2D eigenvalue weighted by atomic mass is 16.5. The number of carbonyl (C=O) groups is 1. The van der Waals surface area contributed by atoms with Gasteiger partial charge in [0.15, 0.2) is 0 Å². The van der Waals surface area contributed by atoms with Crippen molar-refractivity contribution >= 4 is 5.91 Å². The van der Waals surface area contributed by atoms with E-state index < -0.39 is 0 Å². The number of hydrogen-bond donors (Lipinski definition) is 1. The van der Waals surface area contributed by atoms with Crippen LogP contribution in [0.1, 0.15) is 11.1 Å². The fraction of sp³-hybridized carbons (Fsp3) is 0.438. The molecule has 21 heavy (non-hydrogen) atoms. The van der Waals surface area contributed by atoms with Gasteiger partial charge in [0.25, 0.3) is 0 Å². The number of likely N-dealkylation sites (N-methyl/N-ethyl adjacent to an activating group) is 2. The summed E-state index contributed by atoms with van der Waals surface area (Å²) in [7, 11) is 7.04.